The van der Waals surface area contributed by atoms with Crippen LogP contribution < -0.4 is 11.1 Å². The molecule has 0 aromatic carbocycles. The zero-order valence-electron chi connectivity index (χ0n) is 14.0. The Morgan fingerprint density at radius 3 is 2.32 bits per heavy atom. The number of nitrogens with two attached hydrogens (primary N) is 1. The van der Waals surface area contributed by atoms with Gasteiger partial charge in [-0.25, -0.2) is 4.79 Å². The number of nitrogens with one attached hydrogen (secondary N) is 1. The van der Waals surface area contributed by atoms with Gasteiger partial charge in [0.2, 0.25) is 11.8 Å². The van der Waals surface area contributed by atoms with E-state index in [1.54, 1.807) is 20.8 Å². The monoisotopic (exact) mass is 313 g/mol. The third kappa shape index (κ3) is 4.89. The summed E-state index contributed by atoms with van der Waals surface area (Å²) < 4.78 is 5.19. The Kier molecular flexibility index (Phi) is 5.79. The molecule has 7 heteroatoms. The molecule has 1 fully saturated rings. The molecule has 0 unspecified atom stereocenters. The number of carbonyl (C=O) groups excluding carboxylic acids is 3. The van der Waals surface area contributed by atoms with Gasteiger partial charge in [0.1, 0.15) is 17.7 Å². The second-order valence-electron chi connectivity index (χ2n) is 6.96. The van der Waals surface area contributed by atoms with Crippen molar-refractivity contribution in [2.45, 2.75) is 65.1 Å². The lowest BCUT2D eigenvalue weighted by Gasteiger charge is -2.30. The predicted octanol–water partition coefficient (Wildman–Crippen LogP) is 1.01. The highest BCUT2D eigenvalue weighted by Gasteiger charge is 2.38. The number of hydrogen-bond donors (Lipinski definition) is 2. The number of alkyl carbamates (subject to hydrolysis) is 1. The first kappa shape index (κ1) is 18.3. The second kappa shape index (κ2) is 6.98. The summed E-state index contributed by atoms with van der Waals surface area (Å²) in [5, 5.41) is 2.60. The predicted molar refractivity (Wildman–Crippen MR) is 81.9 cm³/mol. The summed E-state index contributed by atoms with van der Waals surface area (Å²) >= 11 is 0. The van der Waals surface area contributed by atoms with E-state index in [1.165, 1.54) is 4.90 Å². The van der Waals surface area contributed by atoms with Crippen LogP contribution in [0.1, 0.15) is 47.5 Å². The average Bonchev–Trinajstić information content (AvgIpc) is 2.81. The van der Waals surface area contributed by atoms with Crippen molar-refractivity contribution in [3.8, 4) is 0 Å². The van der Waals surface area contributed by atoms with Crippen molar-refractivity contribution < 1.29 is 19.1 Å². The van der Waals surface area contributed by atoms with Gasteiger partial charge in [-0.15, -0.1) is 0 Å². The Balaban J connectivity index is 2.80. The van der Waals surface area contributed by atoms with Gasteiger partial charge in [-0.2, -0.15) is 0 Å². The molecular formula is C15H27N3O4. The first-order valence-corrected chi connectivity index (χ1v) is 7.62. The highest BCUT2D eigenvalue weighted by Crippen LogP contribution is 2.20. The van der Waals surface area contributed by atoms with Crippen LogP contribution in [0.3, 0.4) is 0 Å². The lowest BCUT2D eigenvalue weighted by atomic mass is 10.0. The molecule has 3 amide bonds. The zero-order chi connectivity index (χ0) is 17.1. The van der Waals surface area contributed by atoms with E-state index in [9.17, 15) is 14.4 Å². The van der Waals surface area contributed by atoms with Gasteiger partial charge in [0.15, 0.2) is 0 Å². The third-order valence-electron chi connectivity index (χ3n) is 3.47. The van der Waals surface area contributed by atoms with E-state index >= 15 is 0 Å². The maximum Gasteiger partial charge on any atom is 0.408 e. The molecule has 3 N–H and O–H groups in total. The number of ether oxygens (including phenoxy) is 1. The molecule has 126 valence electrons. The van der Waals surface area contributed by atoms with E-state index in [2.05, 4.69) is 5.32 Å². The Morgan fingerprint density at radius 1 is 1.27 bits per heavy atom. The maximum atomic E-state index is 12.7. The highest BCUT2D eigenvalue weighted by atomic mass is 16.6. The lowest BCUT2D eigenvalue weighted by Crippen LogP contribution is -2.55. The summed E-state index contributed by atoms with van der Waals surface area (Å²) in [5.41, 5.74) is 4.70. The van der Waals surface area contributed by atoms with Crippen LogP contribution in [0, 0.1) is 5.92 Å². The van der Waals surface area contributed by atoms with Gasteiger partial charge in [0, 0.05) is 6.54 Å². The van der Waals surface area contributed by atoms with Crippen molar-refractivity contribution >= 4 is 17.9 Å². The smallest absolute Gasteiger partial charge is 0.408 e. The Morgan fingerprint density at radius 2 is 1.86 bits per heavy atom. The van der Waals surface area contributed by atoms with Gasteiger partial charge >= 0.3 is 6.09 Å². The van der Waals surface area contributed by atoms with Gasteiger partial charge in [-0.1, -0.05) is 13.8 Å². The summed E-state index contributed by atoms with van der Waals surface area (Å²) in [7, 11) is 0. The van der Waals surface area contributed by atoms with Crippen molar-refractivity contribution in [2.24, 2.45) is 11.7 Å². The van der Waals surface area contributed by atoms with Crippen LogP contribution in [0.25, 0.3) is 0 Å². The molecule has 1 rings (SSSR count). The largest absolute Gasteiger partial charge is 0.444 e. The number of carbonyl (C=O) groups is 3. The van der Waals surface area contributed by atoms with Crippen LogP contribution in [0.2, 0.25) is 0 Å². The molecule has 1 saturated heterocycles. The van der Waals surface area contributed by atoms with Crippen molar-refractivity contribution in [1.29, 1.82) is 0 Å². The van der Waals surface area contributed by atoms with Gasteiger partial charge in [0.25, 0.3) is 0 Å². The van der Waals surface area contributed by atoms with Crippen molar-refractivity contribution in [2.75, 3.05) is 6.54 Å². The fraction of sp³-hybridized carbons (Fsp3) is 0.800. The fourth-order valence-electron chi connectivity index (χ4n) is 2.45. The van der Waals surface area contributed by atoms with Crippen LogP contribution in [-0.2, 0) is 14.3 Å². The topological polar surface area (TPSA) is 102 Å². The minimum atomic E-state index is -0.741. The SMILES string of the molecule is CC(C)[C@@H](NC(=O)OC(C)(C)C)C(=O)N1CCC[C@H]1C(N)=O. The molecule has 2 atom stereocenters. The molecule has 1 aliphatic rings. The van der Waals surface area contributed by atoms with E-state index in [0.717, 1.165) is 6.42 Å². The first-order valence-electron chi connectivity index (χ1n) is 7.62. The summed E-state index contributed by atoms with van der Waals surface area (Å²) in [4.78, 5) is 37.5. The molecule has 0 spiro atoms. The highest BCUT2D eigenvalue weighted by molar-refractivity contribution is 5.91. The summed E-state index contributed by atoms with van der Waals surface area (Å²) in [5.74, 6) is -0.929. The van der Waals surface area contributed by atoms with Crippen molar-refractivity contribution in [3.63, 3.8) is 0 Å². The van der Waals surface area contributed by atoms with E-state index < -0.39 is 29.7 Å². The molecule has 1 aliphatic heterocycles. The van der Waals surface area contributed by atoms with Crippen molar-refractivity contribution in [3.05, 3.63) is 0 Å². The molecule has 0 bridgehead atoms. The van der Waals surface area contributed by atoms with Crippen LogP contribution >= 0.6 is 0 Å². The molecule has 22 heavy (non-hydrogen) atoms. The number of rotatable bonds is 4. The molecular weight excluding hydrogens is 286 g/mol. The van der Waals surface area contributed by atoms with Crippen LogP contribution in [0.5, 0.6) is 0 Å². The number of hydrogen-bond acceptors (Lipinski definition) is 4. The van der Waals surface area contributed by atoms with Crippen LogP contribution in [0.15, 0.2) is 0 Å². The van der Waals surface area contributed by atoms with E-state index in [4.69, 9.17) is 10.5 Å². The zero-order valence-corrected chi connectivity index (χ0v) is 14.0. The summed E-state index contributed by atoms with van der Waals surface area (Å²) in [6, 6.07) is -1.33. The minimum absolute atomic E-state index is 0.130. The third-order valence-corrected chi connectivity index (χ3v) is 3.47. The fourth-order valence-corrected chi connectivity index (χ4v) is 2.45. The number of primary amides is 1. The number of nitrogens with zero attached hydrogens (tertiary/aromatic N) is 1. The molecule has 0 aliphatic carbocycles. The minimum Gasteiger partial charge on any atom is -0.444 e. The maximum absolute atomic E-state index is 12.7. The normalized spacial score (nSPS) is 19.9. The Hall–Kier alpha value is -1.79. The molecule has 7 nitrogen and oxygen atoms in total. The Labute approximate surface area is 131 Å². The number of likely N-dealkylation sites (tertiary alicyclic amines) is 1. The van der Waals surface area contributed by atoms with E-state index in [-0.39, 0.29) is 11.8 Å². The van der Waals surface area contributed by atoms with Gasteiger partial charge in [-0.05, 0) is 39.5 Å². The molecule has 0 aromatic heterocycles. The molecule has 0 saturated carbocycles. The van der Waals surface area contributed by atoms with E-state index in [1.807, 2.05) is 13.8 Å². The van der Waals surface area contributed by atoms with Gasteiger partial charge < -0.3 is 20.7 Å². The van der Waals surface area contributed by atoms with Gasteiger partial charge in [-0.3, -0.25) is 9.59 Å². The lowest BCUT2D eigenvalue weighted by molar-refractivity contribution is -0.139. The van der Waals surface area contributed by atoms with E-state index in [0.29, 0.717) is 13.0 Å². The second-order valence-corrected chi connectivity index (χ2v) is 6.96. The summed E-state index contributed by atoms with van der Waals surface area (Å²) in [6.45, 7) is 9.39. The molecule has 0 aromatic rings. The number of amides is 3. The standard InChI is InChI=1S/C15H27N3O4/c1-9(2)11(17-14(21)22-15(3,4)5)13(20)18-8-6-7-10(18)12(16)19/h9-11H,6-8H2,1-5H3,(H2,16,19)(H,17,21)/t10-,11+/m0/s1. The summed E-state index contributed by atoms with van der Waals surface area (Å²) in [6.07, 6.45) is 0.656. The molecule has 0 radical (unpaired) electrons. The van der Waals surface area contributed by atoms with Crippen LogP contribution in [0.4, 0.5) is 4.79 Å². The average molecular weight is 313 g/mol. The quantitative estimate of drug-likeness (QED) is 0.808. The van der Waals surface area contributed by atoms with Crippen LogP contribution in [-0.4, -0.2) is 47.0 Å². The van der Waals surface area contributed by atoms with Gasteiger partial charge in [0.05, 0.1) is 0 Å². The van der Waals surface area contributed by atoms with Crippen molar-refractivity contribution in [1.82, 2.24) is 10.2 Å². The Bertz CT molecular complexity index is 443. The molecule has 1 heterocycles. The first-order chi connectivity index (χ1) is 10.0.